The number of hydrogen-bond donors (Lipinski definition) is 8. The van der Waals surface area contributed by atoms with Crippen molar-refractivity contribution in [3.8, 4) is 0 Å². The molecule has 26 atom stereocenters. The van der Waals surface area contributed by atoms with E-state index in [1.807, 2.05) is 0 Å². The van der Waals surface area contributed by atoms with E-state index in [4.69, 9.17) is 42.6 Å². The number of aliphatic hydroxyl groups excluding tert-OH is 7. The van der Waals surface area contributed by atoms with Crippen molar-refractivity contribution in [2.45, 2.75) is 222 Å². The van der Waals surface area contributed by atoms with E-state index in [1.54, 1.807) is 0 Å². The summed E-state index contributed by atoms with van der Waals surface area (Å²) < 4.78 is 55.9. The Balaban J connectivity index is 0.964. The van der Waals surface area contributed by atoms with Crippen molar-refractivity contribution in [3.63, 3.8) is 0 Å². The van der Waals surface area contributed by atoms with Crippen LogP contribution in [0.4, 0.5) is 0 Å². The van der Waals surface area contributed by atoms with Crippen molar-refractivity contribution < 1.29 is 88.3 Å². The third kappa shape index (κ3) is 7.89. The molecule has 0 aromatic carbocycles. The van der Waals surface area contributed by atoms with E-state index in [0.29, 0.717) is 37.2 Å². The lowest BCUT2D eigenvalue weighted by atomic mass is 9.46. The van der Waals surface area contributed by atoms with Gasteiger partial charge >= 0.3 is 5.97 Å². The number of fused-ring (bicyclic) bond motifs is 7. The molecule has 8 N–H and O–H groups in total. The molecule has 26 unspecified atom stereocenters. The third-order valence-corrected chi connectivity index (χ3v) is 18.2. The summed E-state index contributed by atoms with van der Waals surface area (Å²) in [6.07, 6.45) is -13.4. The number of aliphatic hydroxyl groups is 8. The van der Waals surface area contributed by atoms with E-state index in [-0.39, 0.29) is 28.8 Å². The van der Waals surface area contributed by atoms with Crippen LogP contribution in [0.5, 0.6) is 0 Å². The summed E-state index contributed by atoms with van der Waals surface area (Å²) in [7, 11) is 0. The Labute approximate surface area is 380 Å². The van der Waals surface area contributed by atoms with Crippen molar-refractivity contribution >= 4 is 5.97 Å². The highest BCUT2D eigenvalue weighted by Gasteiger charge is 2.76. The average Bonchev–Trinajstić information content (AvgIpc) is 3.63. The van der Waals surface area contributed by atoms with Gasteiger partial charge in [0.2, 0.25) is 0 Å². The zero-order valence-electron chi connectivity index (χ0n) is 38.7. The predicted molar refractivity (Wildman–Crippen MR) is 224 cm³/mol. The molecule has 0 aromatic rings. The molecule has 9 aliphatic rings. The molecule has 5 aliphatic heterocycles. The van der Waals surface area contributed by atoms with Gasteiger partial charge in [0.1, 0.15) is 73.2 Å². The largest absolute Gasteiger partial charge is 0.463 e. The van der Waals surface area contributed by atoms with Gasteiger partial charge in [-0.2, -0.15) is 0 Å². The summed E-state index contributed by atoms with van der Waals surface area (Å²) >= 11 is 0. The van der Waals surface area contributed by atoms with E-state index >= 15 is 0 Å². The van der Waals surface area contributed by atoms with Gasteiger partial charge in [0.15, 0.2) is 24.7 Å². The second kappa shape index (κ2) is 17.8. The van der Waals surface area contributed by atoms with Gasteiger partial charge in [-0.25, -0.2) is 0 Å². The van der Waals surface area contributed by atoms with Gasteiger partial charge in [-0.05, 0) is 94.3 Å². The molecule has 370 valence electrons. The van der Waals surface area contributed by atoms with E-state index in [2.05, 4.69) is 33.8 Å². The van der Waals surface area contributed by atoms with E-state index in [0.717, 1.165) is 44.9 Å². The SMILES string of the molecule is CC(=O)OCC1OC(OC2CCC3(C)C(=CCC4C3CCC3(C)C4CC4OC5(CCC(C)CO5)C(C)C43O)C2)C(OC2OC(C)C(O)C(O)C2O)C(OC2OC(C)C(O)C(O)C2O)C1O. The van der Waals surface area contributed by atoms with Crippen LogP contribution >= 0.6 is 0 Å². The van der Waals surface area contributed by atoms with Crippen molar-refractivity contribution in [1.82, 2.24) is 0 Å². The molecule has 4 aliphatic carbocycles. The Kier molecular flexibility index (Phi) is 13.3. The minimum absolute atomic E-state index is 0.145. The first-order valence-electron chi connectivity index (χ1n) is 24.2. The van der Waals surface area contributed by atoms with Crippen LogP contribution in [0.3, 0.4) is 0 Å². The Hall–Kier alpha value is -1.43. The average molecular weight is 927 g/mol. The lowest BCUT2D eigenvalue weighted by Crippen LogP contribution is -2.67. The minimum Gasteiger partial charge on any atom is -0.463 e. The van der Waals surface area contributed by atoms with Crippen LogP contribution in [-0.2, 0) is 47.4 Å². The summed E-state index contributed by atoms with van der Waals surface area (Å²) in [6, 6.07) is 0. The Morgan fingerprint density at radius 3 is 2.00 bits per heavy atom. The zero-order valence-corrected chi connectivity index (χ0v) is 38.7. The molecule has 0 aromatic heterocycles. The fourth-order valence-corrected chi connectivity index (χ4v) is 14.1. The number of hydrogen-bond acceptors (Lipinski definition) is 18. The fraction of sp³-hybridized carbons (Fsp3) is 0.936. The van der Waals surface area contributed by atoms with Gasteiger partial charge < -0.3 is 83.5 Å². The van der Waals surface area contributed by atoms with Gasteiger partial charge in [0.25, 0.3) is 0 Å². The Morgan fingerprint density at radius 2 is 1.38 bits per heavy atom. The van der Waals surface area contributed by atoms with Crippen LogP contribution < -0.4 is 0 Å². The smallest absolute Gasteiger partial charge is 0.302 e. The van der Waals surface area contributed by atoms with Gasteiger partial charge in [0.05, 0.1) is 31.0 Å². The Bertz CT molecular complexity index is 1760. The van der Waals surface area contributed by atoms with Crippen molar-refractivity contribution in [1.29, 1.82) is 0 Å². The zero-order chi connectivity index (χ0) is 46.7. The molecule has 8 fully saturated rings. The second-order valence-electron chi connectivity index (χ2n) is 21.8. The molecule has 5 heterocycles. The molecule has 0 radical (unpaired) electrons. The summed E-state index contributed by atoms with van der Waals surface area (Å²) in [4.78, 5) is 12.0. The van der Waals surface area contributed by atoms with Crippen LogP contribution in [-0.4, -0.2) is 176 Å². The molecule has 18 heteroatoms. The van der Waals surface area contributed by atoms with Gasteiger partial charge in [-0.1, -0.05) is 39.3 Å². The van der Waals surface area contributed by atoms with Crippen LogP contribution in [0.25, 0.3) is 0 Å². The highest BCUT2D eigenvalue weighted by atomic mass is 16.8. The lowest BCUT2D eigenvalue weighted by molar-refractivity contribution is -0.393. The van der Waals surface area contributed by atoms with Gasteiger partial charge in [-0.15, -0.1) is 0 Å². The van der Waals surface area contributed by atoms with Gasteiger partial charge in [0, 0.05) is 24.7 Å². The molecule has 18 nitrogen and oxygen atoms in total. The van der Waals surface area contributed by atoms with Crippen molar-refractivity contribution in [3.05, 3.63) is 11.6 Å². The molecule has 5 saturated heterocycles. The van der Waals surface area contributed by atoms with Crippen molar-refractivity contribution in [2.75, 3.05) is 13.2 Å². The summed E-state index contributed by atoms with van der Waals surface area (Å²) in [5, 5.41) is 89.0. The number of rotatable bonds is 8. The van der Waals surface area contributed by atoms with Gasteiger partial charge in [-0.3, -0.25) is 4.79 Å². The lowest BCUT2D eigenvalue weighted by Gasteiger charge is -2.60. The Morgan fingerprint density at radius 1 is 0.738 bits per heavy atom. The molecule has 3 saturated carbocycles. The quantitative estimate of drug-likeness (QED) is 0.124. The normalized spacial score (nSPS) is 56.6. The maximum absolute atomic E-state index is 12.9. The maximum Gasteiger partial charge on any atom is 0.302 e. The number of carbonyl (C=O) groups is 1. The van der Waals surface area contributed by atoms with E-state index < -0.39 is 122 Å². The van der Waals surface area contributed by atoms with Crippen molar-refractivity contribution in [2.24, 2.45) is 40.4 Å². The molecule has 65 heavy (non-hydrogen) atoms. The minimum atomic E-state index is -1.78. The van der Waals surface area contributed by atoms with Crippen LogP contribution in [0.1, 0.15) is 106 Å². The summed E-state index contributed by atoms with van der Waals surface area (Å²) in [5.74, 6) is -0.0664. The molecular formula is C47H74O18. The number of carbonyl (C=O) groups excluding carboxylic acids is 1. The van der Waals surface area contributed by atoms with Crippen LogP contribution in [0.15, 0.2) is 11.6 Å². The standard InChI is InChI=1S/C47H74O18/c1-20-10-15-46(58-18-20)23(4)47(56)31(65-46)17-29-27-9-8-25-16-26(11-13-44(25,6)28(27)12-14-45(29,47)7)61-43-40(64-42-38(55)36(53)33(50)22(3)60-42)39(34(51)30(62-43)19-57-24(5)48)63-41-37(54)35(52)32(49)21(2)59-41/h8,20-23,26-43,49-56H,9-19H2,1-7H3. The number of ether oxygens (including phenoxy) is 9. The van der Waals surface area contributed by atoms with E-state index in [1.165, 1.54) is 26.3 Å². The topological polar surface area (TPSA) is 262 Å². The fourth-order valence-electron chi connectivity index (χ4n) is 14.1. The van der Waals surface area contributed by atoms with Crippen LogP contribution in [0.2, 0.25) is 0 Å². The number of allylic oxidation sites excluding steroid dienone is 1. The van der Waals surface area contributed by atoms with Crippen LogP contribution in [0, 0.1) is 40.4 Å². The predicted octanol–water partition coefficient (Wildman–Crippen LogP) is 0.927. The molecule has 1 spiro atoms. The summed E-state index contributed by atoms with van der Waals surface area (Å²) in [5.41, 5.74) is -0.201. The first-order chi connectivity index (χ1) is 30.6. The summed E-state index contributed by atoms with van der Waals surface area (Å²) in [6.45, 7) is 13.4. The first-order valence-corrected chi connectivity index (χ1v) is 24.2. The monoisotopic (exact) mass is 926 g/mol. The maximum atomic E-state index is 12.9. The highest BCUT2D eigenvalue weighted by molar-refractivity contribution is 5.65. The molecule has 0 amide bonds. The molecular weight excluding hydrogens is 852 g/mol. The third-order valence-electron chi connectivity index (χ3n) is 18.2. The molecule has 0 bridgehead atoms. The first kappa shape index (κ1) is 48.6. The number of esters is 1. The molecule has 9 rings (SSSR count). The second-order valence-corrected chi connectivity index (χ2v) is 21.8. The highest BCUT2D eigenvalue weighted by Crippen LogP contribution is 2.72. The van der Waals surface area contributed by atoms with E-state index in [9.17, 15) is 45.6 Å².